The molecule has 0 saturated heterocycles. The zero-order valence-corrected chi connectivity index (χ0v) is 19.0. The predicted molar refractivity (Wildman–Crippen MR) is 117 cm³/mol. The van der Waals surface area contributed by atoms with E-state index in [1.165, 1.54) is 53.6 Å². The highest BCUT2D eigenvalue weighted by molar-refractivity contribution is 6.33. The number of hydrogen-bond donors (Lipinski definition) is 1. The number of Topliss-reactive ketones (excluding diaryl/α,β-unsaturated/α-hetero) is 1. The van der Waals surface area contributed by atoms with Crippen molar-refractivity contribution in [3.8, 4) is 23.0 Å². The van der Waals surface area contributed by atoms with Crippen molar-refractivity contribution in [2.45, 2.75) is 13.0 Å². The van der Waals surface area contributed by atoms with Crippen molar-refractivity contribution in [2.24, 2.45) is 10.2 Å². The number of nitrogens with one attached hydrogen (secondary N) is 1. The van der Waals surface area contributed by atoms with Gasteiger partial charge in [0.2, 0.25) is 6.04 Å². The first-order chi connectivity index (χ1) is 14.7. The van der Waals surface area contributed by atoms with E-state index in [1.54, 1.807) is 6.07 Å². The Balaban J connectivity index is 2.36. The third-order valence-corrected chi connectivity index (χ3v) is 4.68. The van der Waals surface area contributed by atoms with E-state index >= 15 is 0 Å². The summed E-state index contributed by atoms with van der Waals surface area (Å²) in [5, 5.41) is 10.9. The maximum Gasteiger partial charge on any atom is 0.258 e. The van der Waals surface area contributed by atoms with Gasteiger partial charge in [-0.05, 0) is 6.92 Å². The smallest absolute Gasteiger partial charge is 0.258 e. The number of amides is 1. The number of halogens is 2. The van der Waals surface area contributed by atoms with Crippen LogP contribution < -0.4 is 24.3 Å². The minimum Gasteiger partial charge on any atom is -0.497 e. The van der Waals surface area contributed by atoms with E-state index < -0.39 is 17.7 Å². The van der Waals surface area contributed by atoms with Gasteiger partial charge in [0.1, 0.15) is 22.9 Å². The Kier molecular flexibility index (Phi) is 8.47. The lowest BCUT2D eigenvalue weighted by molar-refractivity contribution is -0.126. The molecule has 1 amide bonds. The van der Waals surface area contributed by atoms with Gasteiger partial charge in [-0.25, -0.2) is 0 Å². The van der Waals surface area contributed by atoms with Gasteiger partial charge in [0.25, 0.3) is 5.91 Å². The summed E-state index contributed by atoms with van der Waals surface area (Å²) in [5.41, 5.74) is 0.394. The number of methoxy groups -OCH3 is 4. The molecule has 0 aliphatic heterocycles. The van der Waals surface area contributed by atoms with Crippen molar-refractivity contribution in [2.75, 3.05) is 33.8 Å². The molecule has 11 heteroatoms. The van der Waals surface area contributed by atoms with Crippen molar-refractivity contribution in [1.29, 1.82) is 0 Å². The molecule has 31 heavy (non-hydrogen) atoms. The first-order valence-electron chi connectivity index (χ1n) is 8.80. The van der Waals surface area contributed by atoms with Gasteiger partial charge in [0.15, 0.2) is 11.5 Å². The van der Waals surface area contributed by atoms with Crippen molar-refractivity contribution in [3.63, 3.8) is 0 Å². The Labute approximate surface area is 189 Å². The van der Waals surface area contributed by atoms with Crippen LogP contribution in [0.3, 0.4) is 0 Å². The lowest BCUT2D eigenvalue weighted by atomic mass is 10.2. The zero-order valence-electron chi connectivity index (χ0n) is 17.5. The number of hydrogen-bond acceptors (Lipinski definition) is 8. The van der Waals surface area contributed by atoms with E-state index in [4.69, 9.17) is 42.1 Å². The van der Waals surface area contributed by atoms with Crippen LogP contribution in [0.1, 0.15) is 6.92 Å². The summed E-state index contributed by atoms with van der Waals surface area (Å²) in [4.78, 5) is 24.9. The molecule has 0 heterocycles. The van der Waals surface area contributed by atoms with Crippen LogP contribution in [0.25, 0.3) is 0 Å². The summed E-state index contributed by atoms with van der Waals surface area (Å²) in [6.45, 7) is 1.22. The monoisotopic (exact) mass is 469 g/mol. The lowest BCUT2D eigenvalue weighted by Gasteiger charge is -2.15. The van der Waals surface area contributed by atoms with Gasteiger partial charge < -0.3 is 24.3 Å². The van der Waals surface area contributed by atoms with E-state index in [-0.39, 0.29) is 27.9 Å². The van der Waals surface area contributed by atoms with Crippen molar-refractivity contribution < 1.29 is 28.5 Å². The molecule has 2 rings (SSSR count). The predicted octanol–water partition coefficient (Wildman–Crippen LogP) is 4.71. The fraction of sp³-hybridized carbons (Fsp3) is 0.300. The molecule has 0 radical (unpaired) electrons. The highest BCUT2D eigenvalue weighted by atomic mass is 35.5. The molecule has 2 aromatic rings. The summed E-state index contributed by atoms with van der Waals surface area (Å²) < 4.78 is 20.7. The molecule has 1 N–H and O–H groups in total. The van der Waals surface area contributed by atoms with Gasteiger partial charge in [-0.15, -0.1) is 5.11 Å². The quantitative estimate of drug-likeness (QED) is 0.420. The number of azo groups is 1. The zero-order chi connectivity index (χ0) is 23.1. The van der Waals surface area contributed by atoms with Crippen molar-refractivity contribution in [3.05, 3.63) is 34.3 Å². The molecule has 2 aromatic carbocycles. The first-order valence-corrected chi connectivity index (χ1v) is 9.56. The summed E-state index contributed by atoms with van der Waals surface area (Å²) in [5.74, 6) is 0.0319. The third kappa shape index (κ3) is 5.77. The van der Waals surface area contributed by atoms with Gasteiger partial charge in [-0.1, -0.05) is 23.2 Å². The number of nitrogens with zero attached hydrogens (tertiary/aromatic N) is 2. The topological polar surface area (TPSA) is 108 Å². The van der Waals surface area contributed by atoms with E-state index in [2.05, 4.69) is 15.5 Å². The van der Waals surface area contributed by atoms with E-state index in [0.29, 0.717) is 16.5 Å². The minimum absolute atomic E-state index is 0.148. The molecule has 0 saturated carbocycles. The molecule has 0 aliphatic carbocycles. The van der Waals surface area contributed by atoms with Gasteiger partial charge in [0, 0.05) is 24.3 Å². The summed E-state index contributed by atoms with van der Waals surface area (Å²) in [6.07, 6.45) is 0. The highest BCUT2D eigenvalue weighted by Gasteiger charge is 2.25. The Morgan fingerprint density at radius 1 is 0.871 bits per heavy atom. The molecular formula is C20H21Cl2N3O6. The molecule has 0 spiro atoms. The van der Waals surface area contributed by atoms with Gasteiger partial charge in [-0.3, -0.25) is 9.59 Å². The van der Waals surface area contributed by atoms with E-state index in [0.717, 1.165) is 0 Å². The van der Waals surface area contributed by atoms with E-state index in [9.17, 15) is 9.59 Å². The number of rotatable bonds is 9. The highest BCUT2D eigenvalue weighted by Crippen LogP contribution is 2.39. The molecule has 1 atom stereocenters. The van der Waals surface area contributed by atoms with Crippen molar-refractivity contribution >= 4 is 46.3 Å². The molecule has 0 aliphatic rings. The molecule has 9 nitrogen and oxygen atoms in total. The molecule has 0 fully saturated rings. The average molecular weight is 470 g/mol. The maximum absolute atomic E-state index is 12.8. The summed E-state index contributed by atoms with van der Waals surface area (Å²) in [6, 6.07) is 4.55. The molecule has 0 aromatic heterocycles. The molecule has 0 bridgehead atoms. The van der Waals surface area contributed by atoms with Gasteiger partial charge >= 0.3 is 0 Å². The summed E-state index contributed by atoms with van der Waals surface area (Å²) >= 11 is 12.3. The van der Waals surface area contributed by atoms with Crippen LogP contribution in [0.2, 0.25) is 10.0 Å². The van der Waals surface area contributed by atoms with Crippen LogP contribution in [0.4, 0.5) is 11.4 Å². The Morgan fingerprint density at radius 3 is 2.06 bits per heavy atom. The minimum atomic E-state index is -1.45. The van der Waals surface area contributed by atoms with Crippen LogP contribution in [-0.2, 0) is 9.59 Å². The second-order valence-corrected chi connectivity index (χ2v) is 6.88. The number of ether oxygens (including phenoxy) is 4. The van der Waals surface area contributed by atoms with Crippen LogP contribution >= 0.6 is 23.2 Å². The number of carbonyl (C=O) groups is 2. The average Bonchev–Trinajstić information content (AvgIpc) is 2.74. The molecule has 166 valence electrons. The molecular weight excluding hydrogens is 449 g/mol. The standard InChI is InChI=1S/C20H21Cl2N3O6/c1-10(26)18(24-25-19-13(22)6-11(28-2)7-17(19)31-5)20(27)23-14-9-15(29-3)12(21)8-16(14)30-4/h6-9,18H,1-5H3,(H,23,27). The van der Waals surface area contributed by atoms with E-state index in [1.807, 2.05) is 0 Å². The van der Waals surface area contributed by atoms with Crippen LogP contribution in [-0.4, -0.2) is 46.2 Å². The number of benzene rings is 2. The van der Waals surface area contributed by atoms with Crippen LogP contribution in [0.15, 0.2) is 34.5 Å². The lowest BCUT2D eigenvalue weighted by Crippen LogP contribution is -2.32. The molecule has 1 unspecified atom stereocenters. The Hall–Kier alpha value is -3.04. The third-order valence-electron chi connectivity index (χ3n) is 4.10. The van der Waals surface area contributed by atoms with Crippen LogP contribution in [0.5, 0.6) is 23.0 Å². The fourth-order valence-electron chi connectivity index (χ4n) is 2.51. The van der Waals surface area contributed by atoms with Crippen molar-refractivity contribution in [1.82, 2.24) is 0 Å². The second-order valence-electron chi connectivity index (χ2n) is 6.07. The van der Waals surface area contributed by atoms with Crippen LogP contribution in [0, 0.1) is 0 Å². The Bertz CT molecular complexity index is 1010. The number of anilines is 1. The largest absolute Gasteiger partial charge is 0.497 e. The SMILES string of the molecule is COc1cc(Cl)c(N=NC(C(C)=O)C(=O)Nc2cc(OC)c(Cl)cc2OC)c(OC)c1. The number of carbonyl (C=O) groups excluding carboxylic acids is 2. The Morgan fingerprint density at radius 2 is 1.52 bits per heavy atom. The van der Waals surface area contributed by atoms with Gasteiger partial charge in [0.05, 0.1) is 44.2 Å². The van der Waals surface area contributed by atoms with Gasteiger partial charge in [-0.2, -0.15) is 5.11 Å². The number of ketones is 1. The fourth-order valence-corrected chi connectivity index (χ4v) is 2.98. The normalized spacial score (nSPS) is 11.7. The first kappa shape index (κ1) is 24.2. The summed E-state index contributed by atoms with van der Waals surface area (Å²) in [7, 11) is 5.73. The second kappa shape index (κ2) is 10.8. The maximum atomic E-state index is 12.8.